The number of thiazole rings is 1. The summed E-state index contributed by atoms with van der Waals surface area (Å²) in [5.74, 6) is 0.488. The molecule has 0 saturated heterocycles. The summed E-state index contributed by atoms with van der Waals surface area (Å²) in [4.78, 5) is 33.4. The van der Waals surface area contributed by atoms with Gasteiger partial charge < -0.3 is 9.15 Å². The van der Waals surface area contributed by atoms with Crippen LogP contribution in [0.2, 0.25) is 0 Å². The third-order valence-electron chi connectivity index (χ3n) is 6.40. The van der Waals surface area contributed by atoms with Crippen LogP contribution >= 0.6 is 22.7 Å². The molecule has 0 amide bonds. The second-order valence-corrected chi connectivity index (χ2v) is 10.8. The minimum atomic E-state index is -0.692. The molecule has 0 aliphatic carbocycles. The lowest BCUT2D eigenvalue weighted by Gasteiger charge is -2.24. The molecule has 2 aromatic carbocycles. The molecule has 5 aromatic rings. The highest BCUT2D eigenvalue weighted by Crippen LogP contribution is 2.36. The Kier molecular flexibility index (Phi) is 6.86. The van der Waals surface area contributed by atoms with Gasteiger partial charge in [-0.2, -0.15) is 5.26 Å². The Labute approximate surface area is 236 Å². The standard InChI is InChI=1S/C31H21N3O4S2/c1-2-37-30(36)26-27(19-9-4-3-5-10-19)33-31-34(28(26)24-13-8-16-39-24)29(35)25(40-31)17-21-14-15-23(38-21)22-12-7-6-11-20(22)18-32/h3-17,28H,2H2,1H3/b25-17-. The van der Waals surface area contributed by atoms with Gasteiger partial charge in [0, 0.05) is 22.1 Å². The van der Waals surface area contributed by atoms with Crippen molar-refractivity contribution in [2.45, 2.75) is 13.0 Å². The fourth-order valence-corrected chi connectivity index (χ4v) is 6.46. The summed E-state index contributed by atoms with van der Waals surface area (Å²) in [5, 5.41) is 11.4. The number of benzene rings is 2. The predicted molar refractivity (Wildman–Crippen MR) is 154 cm³/mol. The molecule has 0 bridgehead atoms. The van der Waals surface area contributed by atoms with E-state index in [0.717, 1.165) is 10.4 Å². The fourth-order valence-electron chi connectivity index (χ4n) is 4.66. The van der Waals surface area contributed by atoms with Crippen LogP contribution in [0.4, 0.5) is 0 Å². The van der Waals surface area contributed by atoms with Gasteiger partial charge in [0.2, 0.25) is 0 Å². The first-order valence-corrected chi connectivity index (χ1v) is 14.2. The Bertz CT molecular complexity index is 1970. The van der Waals surface area contributed by atoms with E-state index in [9.17, 15) is 14.9 Å². The number of rotatable bonds is 6. The van der Waals surface area contributed by atoms with Gasteiger partial charge >= 0.3 is 5.97 Å². The molecule has 7 nitrogen and oxygen atoms in total. The lowest BCUT2D eigenvalue weighted by atomic mass is 9.97. The highest BCUT2D eigenvalue weighted by atomic mass is 32.1. The van der Waals surface area contributed by atoms with Crippen LogP contribution in [-0.4, -0.2) is 17.1 Å². The number of thiophene rings is 1. The molecule has 0 N–H and O–H groups in total. The van der Waals surface area contributed by atoms with Crippen molar-refractivity contribution in [2.75, 3.05) is 6.61 Å². The van der Waals surface area contributed by atoms with Crippen molar-refractivity contribution in [3.63, 3.8) is 0 Å². The minimum absolute atomic E-state index is 0.196. The van der Waals surface area contributed by atoms with Gasteiger partial charge in [-0.05, 0) is 42.6 Å². The van der Waals surface area contributed by atoms with Crippen LogP contribution < -0.4 is 14.9 Å². The first kappa shape index (κ1) is 25.5. The van der Waals surface area contributed by atoms with Crippen LogP contribution in [-0.2, 0) is 9.53 Å². The molecule has 0 spiro atoms. The molecule has 0 radical (unpaired) electrons. The molecule has 1 unspecified atom stereocenters. The van der Waals surface area contributed by atoms with E-state index in [4.69, 9.17) is 14.1 Å². The van der Waals surface area contributed by atoms with Crippen molar-refractivity contribution >= 4 is 40.4 Å². The number of nitrogens with zero attached hydrogens (tertiary/aromatic N) is 3. The number of ether oxygens (including phenoxy) is 1. The van der Waals surface area contributed by atoms with E-state index in [1.165, 1.54) is 22.7 Å². The van der Waals surface area contributed by atoms with Crippen molar-refractivity contribution in [1.29, 1.82) is 5.26 Å². The molecule has 1 aliphatic rings. The zero-order valence-electron chi connectivity index (χ0n) is 21.2. The number of carbonyl (C=O) groups is 1. The van der Waals surface area contributed by atoms with E-state index in [1.54, 1.807) is 41.8 Å². The molecule has 0 saturated carbocycles. The Morgan fingerprint density at radius 2 is 1.90 bits per heavy atom. The summed E-state index contributed by atoms with van der Waals surface area (Å²) in [6.45, 7) is 1.95. The summed E-state index contributed by atoms with van der Waals surface area (Å²) >= 11 is 2.69. The SMILES string of the molecule is CCOC(=O)C1=C(c2ccccc2)N=c2s/c(=C\c3ccc(-c4ccccc4C#N)o3)c(=O)n2C1c1cccs1. The monoisotopic (exact) mass is 563 g/mol. The van der Waals surface area contributed by atoms with E-state index >= 15 is 0 Å². The average Bonchev–Trinajstić information content (AvgIpc) is 3.74. The van der Waals surface area contributed by atoms with Crippen molar-refractivity contribution < 1.29 is 13.9 Å². The predicted octanol–water partition coefficient (Wildman–Crippen LogP) is 5.13. The Balaban J connectivity index is 1.54. The van der Waals surface area contributed by atoms with Crippen molar-refractivity contribution in [2.24, 2.45) is 4.99 Å². The molecule has 0 fully saturated rings. The molecule has 1 atom stereocenters. The lowest BCUT2D eigenvalue weighted by Crippen LogP contribution is -2.39. The molecule has 3 aromatic heterocycles. The van der Waals surface area contributed by atoms with Crippen LogP contribution in [0.5, 0.6) is 0 Å². The molecule has 4 heterocycles. The number of hydrogen-bond donors (Lipinski definition) is 0. The fraction of sp³-hybridized carbons (Fsp3) is 0.0968. The quantitative estimate of drug-likeness (QED) is 0.267. The second-order valence-electron chi connectivity index (χ2n) is 8.81. The van der Waals surface area contributed by atoms with Gasteiger partial charge in [0.05, 0.1) is 34.0 Å². The summed E-state index contributed by atoms with van der Waals surface area (Å²) in [7, 11) is 0. The zero-order valence-corrected chi connectivity index (χ0v) is 22.9. The Morgan fingerprint density at radius 3 is 2.65 bits per heavy atom. The zero-order chi connectivity index (χ0) is 27.6. The van der Waals surface area contributed by atoms with Crippen molar-refractivity contribution in [3.05, 3.63) is 131 Å². The molecular weight excluding hydrogens is 542 g/mol. The third-order valence-corrected chi connectivity index (χ3v) is 8.31. The highest BCUT2D eigenvalue weighted by Gasteiger charge is 2.35. The summed E-state index contributed by atoms with van der Waals surface area (Å²) < 4.78 is 13.5. The van der Waals surface area contributed by atoms with Crippen LogP contribution in [0.1, 0.15) is 34.7 Å². The summed E-state index contributed by atoms with van der Waals surface area (Å²) in [6, 6.07) is 25.5. The molecule has 9 heteroatoms. The lowest BCUT2D eigenvalue weighted by molar-refractivity contribution is -0.138. The summed E-state index contributed by atoms with van der Waals surface area (Å²) in [6.07, 6.45) is 1.67. The van der Waals surface area contributed by atoms with Crippen LogP contribution in [0.15, 0.2) is 104 Å². The van der Waals surface area contributed by atoms with Gasteiger partial charge in [-0.25, -0.2) is 9.79 Å². The van der Waals surface area contributed by atoms with E-state index < -0.39 is 12.0 Å². The minimum Gasteiger partial charge on any atom is -0.463 e. The van der Waals surface area contributed by atoms with Gasteiger partial charge in [0.25, 0.3) is 5.56 Å². The molecule has 40 heavy (non-hydrogen) atoms. The number of hydrogen-bond acceptors (Lipinski definition) is 8. The van der Waals surface area contributed by atoms with E-state index in [1.807, 2.05) is 60.0 Å². The molecule has 1 aliphatic heterocycles. The van der Waals surface area contributed by atoms with E-state index in [-0.39, 0.29) is 12.2 Å². The summed E-state index contributed by atoms with van der Waals surface area (Å²) in [5.41, 5.74) is 2.46. The number of carbonyl (C=O) groups excluding carboxylic acids is 1. The maximum absolute atomic E-state index is 13.9. The molecule has 196 valence electrons. The van der Waals surface area contributed by atoms with E-state index in [0.29, 0.717) is 43.3 Å². The number of aromatic nitrogens is 1. The van der Waals surface area contributed by atoms with Gasteiger partial charge in [0.15, 0.2) is 4.80 Å². The van der Waals surface area contributed by atoms with E-state index in [2.05, 4.69) is 6.07 Å². The Hall–Kier alpha value is -4.78. The van der Waals surface area contributed by atoms with Gasteiger partial charge in [-0.1, -0.05) is 59.9 Å². The smallest absolute Gasteiger partial charge is 0.338 e. The first-order chi connectivity index (χ1) is 19.6. The van der Waals surface area contributed by atoms with Gasteiger partial charge in [0.1, 0.15) is 17.6 Å². The number of fused-ring (bicyclic) bond motifs is 1. The van der Waals surface area contributed by atoms with Gasteiger partial charge in [-0.3, -0.25) is 9.36 Å². The van der Waals surface area contributed by atoms with Crippen LogP contribution in [0.3, 0.4) is 0 Å². The average molecular weight is 564 g/mol. The highest BCUT2D eigenvalue weighted by molar-refractivity contribution is 7.10. The Morgan fingerprint density at radius 1 is 1.10 bits per heavy atom. The normalized spacial score (nSPS) is 14.9. The van der Waals surface area contributed by atoms with Gasteiger partial charge in [-0.15, -0.1) is 11.3 Å². The van der Waals surface area contributed by atoms with Crippen LogP contribution in [0, 0.1) is 11.3 Å². The largest absolute Gasteiger partial charge is 0.463 e. The maximum atomic E-state index is 13.9. The third kappa shape index (κ3) is 4.53. The molecular formula is C31H21N3O4S2. The number of furan rings is 1. The second kappa shape index (κ2) is 10.8. The number of nitriles is 1. The van der Waals surface area contributed by atoms with Crippen molar-refractivity contribution in [3.8, 4) is 17.4 Å². The van der Waals surface area contributed by atoms with Crippen molar-refractivity contribution in [1.82, 2.24) is 4.57 Å². The first-order valence-electron chi connectivity index (χ1n) is 12.5. The molecule has 6 rings (SSSR count). The maximum Gasteiger partial charge on any atom is 0.338 e. The topological polar surface area (TPSA) is 97.6 Å². The van der Waals surface area contributed by atoms with Crippen LogP contribution in [0.25, 0.3) is 23.1 Å². The number of esters is 1.